The molecule has 1 aromatic carbocycles. The smallest absolute Gasteiger partial charge is 0.139 e. The minimum absolute atomic E-state index is 0.132. The van der Waals surface area contributed by atoms with Crippen LogP contribution in [0.15, 0.2) is 36.9 Å². The molecule has 0 radical (unpaired) electrons. The fourth-order valence-corrected chi connectivity index (χ4v) is 2.09. The topological polar surface area (TPSA) is 17.1 Å². The molecule has 1 aliphatic rings. The molecular weight excluding hydrogens is 184 g/mol. The van der Waals surface area contributed by atoms with Crippen LogP contribution in [0.4, 0.5) is 0 Å². The van der Waals surface area contributed by atoms with Gasteiger partial charge in [0, 0.05) is 11.8 Å². The van der Waals surface area contributed by atoms with E-state index in [0.717, 1.165) is 30.4 Å². The second-order valence-electron chi connectivity index (χ2n) is 4.63. The highest BCUT2D eigenvalue weighted by Gasteiger charge is 2.41. The van der Waals surface area contributed by atoms with Crippen LogP contribution in [-0.2, 0) is 4.79 Å². The van der Waals surface area contributed by atoms with Gasteiger partial charge in [0.15, 0.2) is 0 Å². The van der Waals surface area contributed by atoms with Crippen LogP contribution in [-0.4, -0.2) is 5.78 Å². The van der Waals surface area contributed by atoms with Gasteiger partial charge in [-0.25, -0.2) is 0 Å². The molecule has 0 bridgehead atoms. The highest BCUT2D eigenvalue weighted by Crippen LogP contribution is 2.43. The summed E-state index contributed by atoms with van der Waals surface area (Å²) in [4.78, 5) is 11.5. The highest BCUT2D eigenvalue weighted by molar-refractivity contribution is 5.91. The molecule has 0 unspecified atom stereocenters. The van der Waals surface area contributed by atoms with Crippen molar-refractivity contribution in [3.05, 3.63) is 42.5 Å². The summed E-state index contributed by atoms with van der Waals surface area (Å²) in [5, 5.41) is 0. The molecule has 1 fully saturated rings. The van der Waals surface area contributed by atoms with Gasteiger partial charge in [0.25, 0.3) is 0 Å². The van der Waals surface area contributed by atoms with Gasteiger partial charge in [-0.3, -0.25) is 4.79 Å². The van der Waals surface area contributed by atoms with Gasteiger partial charge in [0.05, 0.1) is 0 Å². The lowest BCUT2D eigenvalue weighted by Gasteiger charge is -2.37. The first-order chi connectivity index (χ1) is 7.12. The second kappa shape index (κ2) is 3.65. The zero-order valence-corrected chi connectivity index (χ0v) is 9.12. The third-order valence-electron chi connectivity index (χ3n) is 3.36. The zero-order valence-electron chi connectivity index (χ0n) is 9.12. The van der Waals surface area contributed by atoms with E-state index in [-0.39, 0.29) is 5.41 Å². The Morgan fingerprint density at radius 1 is 1.40 bits per heavy atom. The Hall–Kier alpha value is -1.37. The van der Waals surface area contributed by atoms with E-state index in [1.807, 2.05) is 25.1 Å². The average Bonchev–Trinajstić information content (AvgIpc) is 2.28. The summed E-state index contributed by atoms with van der Waals surface area (Å²) in [6, 6.07) is 10.1. The van der Waals surface area contributed by atoms with E-state index < -0.39 is 0 Å². The van der Waals surface area contributed by atoms with E-state index in [9.17, 15) is 4.79 Å². The van der Waals surface area contributed by atoms with Gasteiger partial charge in [-0.2, -0.15) is 0 Å². The number of hydrogen-bond acceptors (Lipinski definition) is 1. The van der Waals surface area contributed by atoms with Crippen molar-refractivity contribution in [2.45, 2.75) is 26.2 Å². The van der Waals surface area contributed by atoms with E-state index in [0.29, 0.717) is 5.78 Å². The number of allylic oxidation sites excluding steroid dienone is 1. The van der Waals surface area contributed by atoms with Crippen molar-refractivity contribution < 1.29 is 4.79 Å². The standard InChI is InChI=1S/C14H16O/c1-11(12-6-4-3-5-7-12)10-14(2)9-8-13(14)15/h3-7H,1,8-10H2,2H3/t14-/m0/s1. The van der Waals surface area contributed by atoms with Crippen LogP contribution in [0.3, 0.4) is 0 Å². The normalized spacial score (nSPS) is 24.7. The molecule has 1 atom stereocenters. The summed E-state index contributed by atoms with van der Waals surface area (Å²) in [6.07, 6.45) is 2.56. The monoisotopic (exact) mass is 200 g/mol. The molecule has 0 N–H and O–H groups in total. The van der Waals surface area contributed by atoms with E-state index in [1.165, 1.54) is 0 Å². The first kappa shape index (κ1) is 10.2. The highest BCUT2D eigenvalue weighted by atomic mass is 16.1. The average molecular weight is 200 g/mol. The molecule has 0 spiro atoms. The van der Waals surface area contributed by atoms with Crippen LogP contribution < -0.4 is 0 Å². The van der Waals surface area contributed by atoms with Crippen LogP contribution in [0, 0.1) is 5.41 Å². The van der Waals surface area contributed by atoms with E-state index in [4.69, 9.17) is 0 Å². The summed E-state index contributed by atoms with van der Waals surface area (Å²) in [5.74, 6) is 0.389. The third-order valence-corrected chi connectivity index (χ3v) is 3.36. The number of carbonyl (C=O) groups is 1. The number of rotatable bonds is 3. The molecule has 0 saturated heterocycles. The van der Waals surface area contributed by atoms with Gasteiger partial charge in [-0.15, -0.1) is 0 Å². The summed E-state index contributed by atoms with van der Waals surface area (Å²) >= 11 is 0. The van der Waals surface area contributed by atoms with Gasteiger partial charge >= 0.3 is 0 Å². The van der Waals surface area contributed by atoms with Crippen LogP contribution in [0.25, 0.3) is 5.57 Å². The minimum atomic E-state index is -0.132. The predicted molar refractivity (Wildman–Crippen MR) is 62.4 cm³/mol. The van der Waals surface area contributed by atoms with E-state index in [1.54, 1.807) is 0 Å². The Morgan fingerprint density at radius 3 is 2.53 bits per heavy atom. The number of Topliss-reactive ketones (excluding diaryl/α,β-unsaturated/α-hetero) is 1. The van der Waals surface area contributed by atoms with Crippen LogP contribution in [0.5, 0.6) is 0 Å². The number of ketones is 1. The van der Waals surface area contributed by atoms with E-state index in [2.05, 4.69) is 18.7 Å². The predicted octanol–water partition coefficient (Wildman–Crippen LogP) is 3.46. The van der Waals surface area contributed by atoms with Crippen molar-refractivity contribution in [1.82, 2.24) is 0 Å². The molecule has 15 heavy (non-hydrogen) atoms. The third kappa shape index (κ3) is 1.87. The molecule has 1 nitrogen and oxygen atoms in total. The molecule has 1 heteroatoms. The van der Waals surface area contributed by atoms with Crippen LogP contribution >= 0.6 is 0 Å². The van der Waals surface area contributed by atoms with Crippen LogP contribution in [0.1, 0.15) is 31.7 Å². The maximum Gasteiger partial charge on any atom is 0.139 e. The van der Waals surface area contributed by atoms with Gasteiger partial charge in [0.2, 0.25) is 0 Å². The van der Waals surface area contributed by atoms with Crippen molar-refractivity contribution in [2.75, 3.05) is 0 Å². The largest absolute Gasteiger partial charge is 0.299 e. The molecule has 1 aromatic rings. The maximum absolute atomic E-state index is 11.5. The summed E-state index contributed by atoms with van der Waals surface area (Å²) in [5.41, 5.74) is 2.09. The van der Waals surface area contributed by atoms with Crippen LogP contribution in [0.2, 0.25) is 0 Å². The van der Waals surface area contributed by atoms with Crippen molar-refractivity contribution in [3.8, 4) is 0 Å². The summed E-state index contributed by atoms with van der Waals surface area (Å²) < 4.78 is 0. The Morgan fingerprint density at radius 2 is 2.07 bits per heavy atom. The molecule has 1 saturated carbocycles. The SMILES string of the molecule is C=C(C[C@]1(C)CCC1=O)c1ccccc1. The molecular formula is C14H16O. The first-order valence-electron chi connectivity index (χ1n) is 5.38. The Balaban J connectivity index is 2.08. The lowest BCUT2D eigenvalue weighted by Crippen LogP contribution is -2.37. The summed E-state index contributed by atoms with van der Waals surface area (Å²) in [6.45, 7) is 6.12. The van der Waals surface area contributed by atoms with Gasteiger partial charge in [0.1, 0.15) is 5.78 Å². The molecule has 2 rings (SSSR count). The van der Waals surface area contributed by atoms with Gasteiger partial charge in [-0.05, 0) is 24.0 Å². The fourth-order valence-electron chi connectivity index (χ4n) is 2.09. The van der Waals surface area contributed by atoms with Crippen molar-refractivity contribution in [1.29, 1.82) is 0 Å². The number of carbonyl (C=O) groups excluding carboxylic acids is 1. The minimum Gasteiger partial charge on any atom is -0.299 e. The fraction of sp³-hybridized carbons (Fsp3) is 0.357. The number of benzene rings is 1. The lowest BCUT2D eigenvalue weighted by molar-refractivity contribution is -0.136. The lowest BCUT2D eigenvalue weighted by atomic mass is 9.65. The summed E-state index contributed by atoms with van der Waals surface area (Å²) in [7, 11) is 0. The molecule has 78 valence electrons. The molecule has 0 amide bonds. The Bertz CT molecular complexity index is 391. The molecule has 0 heterocycles. The number of hydrogen-bond donors (Lipinski definition) is 0. The molecule has 0 aromatic heterocycles. The van der Waals surface area contributed by atoms with Crippen molar-refractivity contribution in [3.63, 3.8) is 0 Å². The quantitative estimate of drug-likeness (QED) is 0.730. The van der Waals surface area contributed by atoms with E-state index >= 15 is 0 Å². The Kier molecular flexibility index (Phi) is 2.47. The van der Waals surface area contributed by atoms with Crippen molar-refractivity contribution >= 4 is 11.4 Å². The molecule has 1 aliphatic carbocycles. The van der Waals surface area contributed by atoms with Gasteiger partial charge < -0.3 is 0 Å². The zero-order chi connectivity index (χ0) is 10.9. The molecule has 0 aliphatic heterocycles. The first-order valence-corrected chi connectivity index (χ1v) is 5.38. The Labute approximate surface area is 90.8 Å². The van der Waals surface area contributed by atoms with Gasteiger partial charge in [-0.1, -0.05) is 43.8 Å². The van der Waals surface area contributed by atoms with Crippen molar-refractivity contribution in [2.24, 2.45) is 5.41 Å². The maximum atomic E-state index is 11.5. The second-order valence-corrected chi connectivity index (χ2v) is 4.63.